The van der Waals surface area contributed by atoms with Gasteiger partial charge in [-0.05, 0) is 12.0 Å². The van der Waals surface area contributed by atoms with Crippen molar-refractivity contribution in [2.45, 2.75) is 19.3 Å². The quantitative estimate of drug-likeness (QED) is 0.837. The van der Waals surface area contributed by atoms with Gasteiger partial charge in [0.25, 0.3) is 0 Å². The molecule has 2 atom stereocenters. The summed E-state index contributed by atoms with van der Waals surface area (Å²) in [7, 11) is -1.36. The first-order chi connectivity index (χ1) is 8.97. The summed E-state index contributed by atoms with van der Waals surface area (Å²) in [6.45, 7) is 2.70. The molecule has 108 valence electrons. The minimum absolute atomic E-state index is 0.00228. The summed E-state index contributed by atoms with van der Waals surface area (Å²) in [6, 6.07) is 0. The Morgan fingerprint density at radius 1 is 1.47 bits per heavy atom. The highest BCUT2D eigenvalue weighted by molar-refractivity contribution is 7.89. The molecule has 6 nitrogen and oxygen atoms in total. The number of rotatable bonds is 5. The molecule has 1 N–H and O–H groups in total. The molecule has 0 aromatic carbocycles. The van der Waals surface area contributed by atoms with Gasteiger partial charge in [0, 0.05) is 44.8 Å². The second kappa shape index (κ2) is 5.60. The first-order valence-electron chi connectivity index (χ1n) is 6.55. The van der Waals surface area contributed by atoms with Crippen LogP contribution in [-0.2, 0) is 17.1 Å². The van der Waals surface area contributed by atoms with Gasteiger partial charge in [0.2, 0.25) is 10.0 Å². The van der Waals surface area contributed by atoms with Crippen LogP contribution in [0.2, 0.25) is 0 Å². The third kappa shape index (κ3) is 2.98. The van der Waals surface area contributed by atoms with Gasteiger partial charge in [-0.1, -0.05) is 6.92 Å². The van der Waals surface area contributed by atoms with Gasteiger partial charge >= 0.3 is 0 Å². The van der Waals surface area contributed by atoms with Crippen LogP contribution in [0, 0.1) is 5.92 Å². The lowest BCUT2D eigenvalue weighted by Crippen LogP contribution is -2.31. The van der Waals surface area contributed by atoms with Gasteiger partial charge in [0.15, 0.2) is 0 Å². The van der Waals surface area contributed by atoms with Crippen LogP contribution in [-0.4, -0.2) is 53.1 Å². The Kier molecular flexibility index (Phi) is 4.27. The number of aryl methyl sites for hydroxylation is 1. The van der Waals surface area contributed by atoms with Gasteiger partial charge in [-0.15, -0.1) is 0 Å². The first kappa shape index (κ1) is 14.5. The van der Waals surface area contributed by atoms with Crippen molar-refractivity contribution in [3.8, 4) is 0 Å². The van der Waals surface area contributed by atoms with Crippen LogP contribution in [0.5, 0.6) is 0 Å². The van der Waals surface area contributed by atoms with Gasteiger partial charge < -0.3 is 5.11 Å². The molecular formula is C12H21N3O3S. The Hall–Kier alpha value is -0.920. The van der Waals surface area contributed by atoms with E-state index in [-0.39, 0.29) is 24.2 Å². The third-order valence-electron chi connectivity index (χ3n) is 3.65. The lowest BCUT2D eigenvalue weighted by molar-refractivity contribution is 0.223. The van der Waals surface area contributed by atoms with Crippen LogP contribution in [0.1, 0.15) is 24.8 Å². The smallest absolute Gasteiger partial charge is 0.214 e. The van der Waals surface area contributed by atoms with E-state index in [9.17, 15) is 13.5 Å². The van der Waals surface area contributed by atoms with E-state index in [0.717, 1.165) is 5.56 Å². The zero-order chi connectivity index (χ0) is 14.0. The molecule has 0 unspecified atom stereocenters. The summed E-state index contributed by atoms with van der Waals surface area (Å²) in [4.78, 5) is 0. The average molecular weight is 287 g/mol. The number of hydrogen-bond donors (Lipinski definition) is 1. The lowest BCUT2D eigenvalue weighted by atomic mass is 9.92. The van der Waals surface area contributed by atoms with Crippen LogP contribution >= 0.6 is 0 Å². The molecule has 0 bridgehead atoms. The van der Waals surface area contributed by atoms with E-state index < -0.39 is 10.0 Å². The Bertz CT molecular complexity index is 526. The molecule has 1 aliphatic heterocycles. The SMILES string of the molecule is CCCS(=O)(=O)N1C[C@@H](CO)[C@H](c2cnn(C)c2)C1. The lowest BCUT2D eigenvalue weighted by Gasteiger charge is -2.15. The zero-order valence-electron chi connectivity index (χ0n) is 11.4. The van der Waals surface area contributed by atoms with Crippen LogP contribution in [0.25, 0.3) is 0 Å². The predicted octanol–water partition coefficient (Wildman–Crippen LogP) is 0.168. The highest BCUT2D eigenvalue weighted by atomic mass is 32.2. The molecule has 0 amide bonds. The number of hydrogen-bond acceptors (Lipinski definition) is 4. The average Bonchev–Trinajstić information content (AvgIpc) is 2.94. The van der Waals surface area contributed by atoms with Crippen molar-refractivity contribution in [3.63, 3.8) is 0 Å². The van der Waals surface area contributed by atoms with Crippen molar-refractivity contribution >= 4 is 10.0 Å². The normalized spacial score (nSPS) is 25.0. The van der Waals surface area contributed by atoms with Crippen molar-refractivity contribution in [1.29, 1.82) is 0 Å². The maximum absolute atomic E-state index is 12.1. The minimum atomic E-state index is -3.19. The number of sulfonamides is 1. The van der Waals surface area contributed by atoms with E-state index in [4.69, 9.17) is 0 Å². The van der Waals surface area contributed by atoms with Crippen molar-refractivity contribution in [2.75, 3.05) is 25.4 Å². The van der Waals surface area contributed by atoms with Gasteiger partial charge in [-0.25, -0.2) is 12.7 Å². The summed E-state index contributed by atoms with van der Waals surface area (Å²) in [5.41, 5.74) is 0.996. The summed E-state index contributed by atoms with van der Waals surface area (Å²) in [5.74, 6) is 0.159. The second-order valence-corrected chi connectivity index (χ2v) is 7.22. The van der Waals surface area contributed by atoms with E-state index in [1.54, 1.807) is 10.9 Å². The number of aliphatic hydroxyl groups is 1. The molecule has 0 spiro atoms. The van der Waals surface area contributed by atoms with Gasteiger partial charge in [-0.3, -0.25) is 4.68 Å². The fraction of sp³-hybridized carbons (Fsp3) is 0.750. The third-order valence-corrected chi connectivity index (χ3v) is 5.66. The maximum atomic E-state index is 12.1. The number of nitrogens with zero attached hydrogens (tertiary/aromatic N) is 3. The van der Waals surface area contributed by atoms with Crippen LogP contribution in [0.15, 0.2) is 12.4 Å². The Morgan fingerprint density at radius 2 is 2.21 bits per heavy atom. The van der Waals surface area contributed by atoms with Gasteiger partial charge in [-0.2, -0.15) is 5.10 Å². The van der Waals surface area contributed by atoms with Crippen molar-refractivity contribution < 1.29 is 13.5 Å². The summed E-state index contributed by atoms with van der Waals surface area (Å²) in [5, 5.41) is 13.6. The Labute approximate surface area is 114 Å². The molecule has 1 aliphatic rings. The molecule has 0 aliphatic carbocycles. The largest absolute Gasteiger partial charge is 0.396 e. The first-order valence-corrected chi connectivity index (χ1v) is 8.16. The van der Waals surface area contributed by atoms with Crippen molar-refractivity contribution in [1.82, 2.24) is 14.1 Å². The molecule has 19 heavy (non-hydrogen) atoms. The fourth-order valence-corrected chi connectivity index (χ4v) is 4.22. The van der Waals surface area contributed by atoms with E-state index >= 15 is 0 Å². The Balaban J connectivity index is 2.18. The van der Waals surface area contributed by atoms with Crippen LogP contribution in [0.4, 0.5) is 0 Å². The summed E-state index contributed by atoms with van der Waals surface area (Å²) >= 11 is 0. The molecule has 2 rings (SSSR count). The van der Waals surface area contributed by atoms with E-state index in [1.165, 1.54) is 4.31 Å². The summed E-state index contributed by atoms with van der Waals surface area (Å²) < 4.78 is 27.4. The van der Waals surface area contributed by atoms with Gasteiger partial charge in [0.1, 0.15) is 0 Å². The molecule has 0 saturated carbocycles. The fourth-order valence-electron chi connectivity index (χ4n) is 2.64. The second-order valence-electron chi connectivity index (χ2n) is 5.13. The van der Waals surface area contributed by atoms with Gasteiger partial charge in [0.05, 0.1) is 11.9 Å². The molecule has 1 aromatic heterocycles. The predicted molar refractivity (Wildman–Crippen MR) is 72.2 cm³/mol. The minimum Gasteiger partial charge on any atom is -0.396 e. The molecule has 1 saturated heterocycles. The maximum Gasteiger partial charge on any atom is 0.214 e. The van der Waals surface area contributed by atoms with E-state index in [1.807, 2.05) is 20.2 Å². The molecule has 1 aromatic rings. The molecule has 0 radical (unpaired) electrons. The van der Waals surface area contributed by atoms with Crippen LogP contribution in [0.3, 0.4) is 0 Å². The molecule has 1 fully saturated rings. The van der Waals surface area contributed by atoms with Crippen molar-refractivity contribution in [3.05, 3.63) is 18.0 Å². The summed E-state index contributed by atoms with van der Waals surface area (Å²) in [6.07, 6.45) is 4.26. The van der Waals surface area contributed by atoms with Crippen molar-refractivity contribution in [2.24, 2.45) is 13.0 Å². The standard InChI is InChI=1S/C12H21N3O3S/c1-3-4-19(17,18)15-7-11(9-16)12(8-15)10-5-13-14(2)6-10/h5-6,11-12,16H,3-4,7-9H2,1-2H3/t11-,12-/m0/s1. The topological polar surface area (TPSA) is 75.4 Å². The number of aliphatic hydroxyl groups excluding tert-OH is 1. The van der Waals surface area contributed by atoms with Crippen LogP contribution < -0.4 is 0 Å². The van der Waals surface area contributed by atoms with E-state index in [2.05, 4.69) is 5.10 Å². The highest BCUT2D eigenvalue weighted by Gasteiger charge is 2.39. The molecule has 7 heteroatoms. The molecular weight excluding hydrogens is 266 g/mol. The zero-order valence-corrected chi connectivity index (χ0v) is 12.2. The van der Waals surface area contributed by atoms with E-state index in [0.29, 0.717) is 19.5 Å². The number of aromatic nitrogens is 2. The Morgan fingerprint density at radius 3 is 2.74 bits per heavy atom. The highest BCUT2D eigenvalue weighted by Crippen LogP contribution is 2.33. The molecule has 2 heterocycles. The monoisotopic (exact) mass is 287 g/mol.